The van der Waals surface area contributed by atoms with Crippen molar-refractivity contribution in [2.24, 2.45) is 0 Å². The van der Waals surface area contributed by atoms with E-state index in [2.05, 4.69) is 4.74 Å². The zero-order valence-corrected chi connectivity index (χ0v) is 13.3. The summed E-state index contributed by atoms with van der Waals surface area (Å²) < 4.78 is 14.7. The monoisotopic (exact) mass is 340 g/mol. The Morgan fingerprint density at radius 2 is 1.96 bits per heavy atom. The van der Waals surface area contributed by atoms with Crippen LogP contribution in [0.25, 0.3) is 6.08 Å². The third kappa shape index (κ3) is 7.17. The van der Waals surface area contributed by atoms with E-state index in [1.807, 2.05) is 19.1 Å². The molecule has 124 valence electrons. The van der Waals surface area contributed by atoms with Gasteiger partial charge in [0.1, 0.15) is 0 Å². The number of ketones is 1. The number of carbonyl (C=O) groups is 2. The SMILES string of the molecule is Cc1ccc(CO)c(/C=C/C=C/C(=O)C(=O)OCP(=O)(O)O)c1. The average Bonchev–Trinajstić information content (AvgIpc) is 2.48. The molecule has 0 heterocycles. The van der Waals surface area contributed by atoms with Crippen molar-refractivity contribution in [2.45, 2.75) is 13.5 Å². The first-order valence-corrected chi connectivity index (χ1v) is 8.33. The third-order valence-electron chi connectivity index (χ3n) is 2.67. The van der Waals surface area contributed by atoms with Crippen LogP contribution in [0.2, 0.25) is 0 Å². The number of aliphatic hydroxyl groups is 1. The van der Waals surface area contributed by atoms with Gasteiger partial charge in [0.15, 0.2) is 6.35 Å². The van der Waals surface area contributed by atoms with E-state index in [4.69, 9.17) is 9.79 Å². The molecule has 23 heavy (non-hydrogen) atoms. The van der Waals surface area contributed by atoms with Crippen molar-refractivity contribution in [1.29, 1.82) is 0 Å². The van der Waals surface area contributed by atoms with Gasteiger partial charge in [-0.1, -0.05) is 42.0 Å². The van der Waals surface area contributed by atoms with Gasteiger partial charge in [-0.3, -0.25) is 9.36 Å². The summed E-state index contributed by atoms with van der Waals surface area (Å²) in [5, 5.41) is 9.22. The molecule has 8 heteroatoms. The number of ether oxygens (including phenoxy) is 1. The number of aryl methyl sites for hydroxylation is 1. The topological polar surface area (TPSA) is 121 Å². The molecule has 0 unspecified atom stereocenters. The molecule has 7 nitrogen and oxygen atoms in total. The van der Waals surface area contributed by atoms with Crippen LogP contribution < -0.4 is 0 Å². The Kier molecular flexibility index (Phi) is 7.06. The van der Waals surface area contributed by atoms with Gasteiger partial charge in [-0.2, -0.15) is 0 Å². The summed E-state index contributed by atoms with van der Waals surface area (Å²) in [6, 6.07) is 5.49. The molecule has 1 aromatic carbocycles. The third-order valence-corrected chi connectivity index (χ3v) is 3.14. The maximum Gasteiger partial charge on any atom is 0.379 e. The van der Waals surface area contributed by atoms with Crippen LogP contribution in [0.1, 0.15) is 16.7 Å². The molecule has 0 bridgehead atoms. The molecule has 0 radical (unpaired) electrons. The number of allylic oxidation sites excluding steroid dienone is 2. The van der Waals surface area contributed by atoms with E-state index in [1.165, 1.54) is 12.2 Å². The second kappa shape index (κ2) is 8.55. The molecule has 0 atom stereocenters. The smallest absolute Gasteiger partial charge is 0.379 e. The minimum absolute atomic E-state index is 0.128. The predicted molar refractivity (Wildman–Crippen MR) is 83.3 cm³/mol. The molecule has 0 aliphatic carbocycles. The average molecular weight is 340 g/mol. The number of aliphatic hydroxyl groups excluding tert-OH is 1. The van der Waals surface area contributed by atoms with Crippen molar-refractivity contribution in [3.8, 4) is 0 Å². The molecule has 0 spiro atoms. The van der Waals surface area contributed by atoms with Crippen LogP contribution >= 0.6 is 7.60 Å². The zero-order valence-electron chi connectivity index (χ0n) is 12.4. The number of hydrogen-bond acceptors (Lipinski definition) is 5. The van der Waals surface area contributed by atoms with Gasteiger partial charge in [0.05, 0.1) is 6.61 Å². The van der Waals surface area contributed by atoms with Crippen LogP contribution in [0.4, 0.5) is 0 Å². The fourth-order valence-electron chi connectivity index (χ4n) is 1.60. The molecular formula is C15H17O7P. The summed E-state index contributed by atoms with van der Waals surface area (Å²) in [6.45, 7) is 1.77. The Morgan fingerprint density at radius 1 is 1.26 bits per heavy atom. The van der Waals surface area contributed by atoms with Crippen molar-refractivity contribution in [3.63, 3.8) is 0 Å². The molecular weight excluding hydrogens is 323 g/mol. The lowest BCUT2D eigenvalue weighted by molar-refractivity contribution is -0.150. The second-order valence-electron chi connectivity index (χ2n) is 4.67. The first-order chi connectivity index (χ1) is 10.7. The van der Waals surface area contributed by atoms with Gasteiger partial charge in [0, 0.05) is 0 Å². The molecule has 0 fully saturated rings. The van der Waals surface area contributed by atoms with Crippen molar-refractivity contribution in [3.05, 3.63) is 53.1 Å². The summed E-state index contributed by atoms with van der Waals surface area (Å²) in [6.07, 6.45) is 4.24. The molecule has 3 N–H and O–H groups in total. The van der Waals surface area contributed by atoms with Crippen LogP contribution in [0, 0.1) is 6.92 Å². The van der Waals surface area contributed by atoms with Crippen molar-refractivity contribution in [2.75, 3.05) is 6.35 Å². The van der Waals surface area contributed by atoms with Gasteiger partial charge in [0.25, 0.3) is 5.78 Å². The lowest BCUT2D eigenvalue weighted by atomic mass is 10.0. The number of carbonyl (C=O) groups excluding carboxylic acids is 2. The molecule has 1 rings (SSSR count). The quantitative estimate of drug-likeness (QED) is 0.225. The van der Waals surface area contributed by atoms with Crippen LogP contribution in [0.5, 0.6) is 0 Å². The molecule has 0 aliphatic rings. The zero-order chi connectivity index (χ0) is 17.5. The van der Waals surface area contributed by atoms with Gasteiger partial charge in [-0.15, -0.1) is 0 Å². The normalized spacial score (nSPS) is 12.0. The van der Waals surface area contributed by atoms with E-state index in [0.717, 1.165) is 17.2 Å². The lowest BCUT2D eigenvalue weighted by Gasteiger charge is -2.03. The Balaban J connectivity index is 2.65. The van der Waals surface area contributed by atoms with Gasteiger partial charge in [-0.05, 0) is 24.1 Å². The fraction of sp³-hybridized carbons (Fsp3) is 0.200. The summed E-state index contributed by atoms with van der Waals surface area (Å²) in [7, 11) is -4.50. The number of benzene rings is 1. The van der Waals surface area contributed by atoms with Gasteiger partial charge >= 0.3 is 13.6 Å². The van der Waals surface area contributed by atoms with E-state index in [9.17, 15) is 19.3 Å². The van der Waals surface area contributed by atoms with E-state index in [0.29, 0.717) is 5.56 Å². The fourth-order valence-corrected chi connectivity index (χ4v) is 1.88. The van der Waals surface area contributed by atoms with E-state index >= 15 is 0 Å². The highest BCUT2D eigenvalue weighted by Gasteiger charge is 2.19. The largest absolute Gasteiger partial charge is 0.447 e. The highest BCUT2D eigenvalue weighted by Crippen LogP contribution is 2.33. The lowest BCUT2D eigenvalue weighted by Crippen LogP contribution is -2.15. The van der Waals surface area contributed by atoms with E-state index in [1.54, 1.807) is 12.1 Å². The van der Waals surface area contributed by atoms with Crippen molar-refractivity contribution >= 4 is 25.4 Å². The minimum atomic E-state index is -4.50. The molecule has 0 saturated carbocycles. The molecule has 0 saturated heterocycles. The summed E-state index contributed by atoms with van der Waals surface area (Å²) in [5.74, 6) is -2.38. The summed E-state index contributed by atoms with van der Waals surface area (Å²) in [4.78, 5) is 39.6. The number of esters is 1. The summed E-state index contributed by atoms with van der Waals surface area (Å²) in [5.41, 5.74) is 2.49. The van der Waals surface area contributed by atoms with E-state index < -0.39 is 25.7 Å². The standard InChI is InChI=1S/C15H17O7P/c1-11-6-7-13(9-16)12(8-11)4-2-3-5-14(17)15(18)22-10-23(19,20)21/h2-8,16H,9-10H2,1H3,(H2,19,20,21)/b4-2+,5-3+. The first-order valence-electron chi connectivity index (χ1n) is 6.54. The highest BCUT2D eigenvalue weighted by atomic mass is 31.2. The van der Waals surface area contributed by atoms with Crippen molar-refractivity contribution < 1.29 is 33.8 Å². The molecule has 0 aromatic heterocycles. The van der Waals surface area contributed by atoms with Crippen molar-refractivity contribution in [1.82, 2.24) is 0 Å². The van der Waals surface area contributed by atoms with Gasteiger partial charge in [0.2, 0.25) is 0 Å². The van der Waals surface area contributed by atoms with Gasteiger partial charge < -0.3 is 19.6 Å². The minimum Gasteiger partial charge on any atom is -0.447 e. The Bertz CT molecular complexity index is 685. The molecule has 1 aromatic rings. The first kappa shape index (κ1) is 19.0. The second-order valence-corrected chi connectivity index (χ2v) is 6.26. The Morgan fingerprint density at radius 3 is 2.57 bits per heavy atom. The molecule has 0 amide bonds. The highest BCUT2D eigenvalue weighted by molar-refractivity contribution is 7.51. The number of rotatable bonds is 7. The Hall–Kier alpha value is -2.05. The maximum absolute atomic E-state index is 11.4. The van der Waals surface area contributed by atoms with Gasteiger partial charge in [-0.25, -0.2) is 4.79 Å². The van der Waals surface area contributed by atoms with E-state index in [-0.39, 0.29) is 6.61 Å². The van der Waals surface area contributed by atoms with Crippen LogP contribution in [-0.2, 0) is 25.5 Å². The predicted octanol–water partition coefficient (Wildman–Crippen LogP) is 1.30. The van der Waals surface area contributed by atoms with Crippen LogP contribution in [0.3, 0.4) is 0 Å². The Labute approximate surface area is 133 Å². The summed E-state index contributed by atoms with van der Waals surface area (Å²) >= 11 is 0. The van der Waals surface area contributed by atoms with Crippen LogP contribution in [0.15, 0.2) is 36.4 Å². The maximum atomic E-state index is 11.4. The molecule has 0 aliphatic heterocycles. The van der Waals surface area contributed by atoms with Crippen LogP contribution in [-0.4, -0.2) is 33.0 Å². The number of hydrogen-bond donors (Lipinski definition) is 3.